The molecular formula is C15H10Cl2N4O2. The number of urea groups is 1. The van der Waals surface area contributed by atoms with E-state index >= 15 is 0 Å². The summed E-state index contributed by atoms with van der Waals surface area (Å²) >= 11 is 11.8. The van der Waals surface area contributed by atoms with Gasteiger partial charge in [0.1, 0.15) is 6.33 Å². The first-order valence-electron chi connectivity index (χ1n) is 6.54. The van der Waals surface area contributed by atoms with Gasteiger partial charge in [0.25, 0.3) is 5.56 Å². The van der Waals surface area contributed by atoms with Crippen LogP contribution in [0.4, 0.5) is 10.5 Å². The second-order valence-corrected chi connectivity index (χ2v) is 5.47. The van der Waals surface area contributed by atoms with Gasteiger partial charge in [-0.25, -0.2) is 19.9 Å². The topological polar surface area (TPSA) is 76.0 Å². The van der Waals surface area contributed by atoms with Gasteiger partial charge in [-0.15, -0.1) is 0 Å². The Bertz CT molecular complexity index is 938. The molecule has 1 heterocycles. The average Bonchev–Trinajstić information content (AvgIpc) is 2.53. The van der Waals surface area contributed by atoms with Crippen LogP contribution in [0.25, 0.3) is 10.9 Å². The van der Waals surface area contributed by atoms with E-state index in [1.165, 1.54) is 6.33 Å². The Morgan fingerprint density at radius 2 is 1.83 bits per heavy atom. The number of anilines is 1. The number of nitrogens with zero attached hydrogens (tertiary/aromatic N) is 2. The van der Waals surface area contributed by atoms with Crippen LogP contribution >= 0.6 is 23.2 Å². The summed E-state index contributed by atoms with van der Waals surface area (Å²) in [6.07, 6.45) is 1.21. The van der Waals surface area contributed by atoms with Crippen LogP contribution in [0.15, 0.2) is 53.6 Å². The molecular weight excluding hydrogens is 339 g/mol. The van der Waals surface area contributed by atoms with Gasteiger partial charge >= 0.3 is 6.03 Å². The van der Waals surface area contributed by atoms with Crippen LogP contribution in [0.2, 0.25) is 10.0 Å². The Morgan fingerprint density at radius 1 is 1.09 bits per heavy atom. The van der Waals surface area contributed by atoms with Crippen LogP contribution in [0.1, 0.15) is 0 Å². The molecule has 0 aliphatic carbocycles. The number of benzene rings is 2. The first kappa shape index (κ1) is 15.3. The summed E-state index contributed by atoms with van der Waals surface area (Å²) in [6.45, 7) is 0. The van der Waals surface area contributed by atoms with Gasteiger partial charge in [0, 0.05) is 10.7 Å². The number of aromatic nitrogens is 2. The zero-order chi connectivity index (χ0) is 16.4. The fourth-order valence-corrected chi connectivity index (χ4v) is 2.35. The molecule has 0 atom stereocenters. The lowest BCUT2D eigenvalue weighted by Gasteiger charge is -2.10. The zero-order valence-electron chi connectivity index (χ0n) is 11.6. The molecule has 23 heavy (non-hydrogen) atoms. The number of carbonyl (C=O) groups excluding carboxylic acids is 1. The van der Waals surface area contributed by atoms with Crippen LogP contribution in [0.3, 0.4) is 0 Å². The minimum absolute atomic E-state index is 0.312. The molecule has 0 saturated heterocycles. The number of hydrogen-bond acceptors (Lipinski definition) is 3. The first-order valence-corrected chi connectivity index (χ1v) is 7.29. The SMILES string of the molecule is O=C(Nc1ccc(Cl)cc1)Nn1cnc2c(Cl)cccc2c1=O. The monoisotopic (exact) mass is 348 g/mol. The average molecular weight is 349 g/mol. The van der Waals surface area contributed by atoms with Gasteiger partial charge in [0.15, 0.2) is 0 Å². The molecule has 2 aromatic carbocycles. The molecule has 0 aliphatic heterocycles. The molecule has 8 heteroatoms. The van der Waals surface area contributed by atoms with Crippen LogP contribution in [0, 0.1) is 0 Å². The largest absolute Gasteiger partial charge is 0.338 e. The third kappa shape index (κ3) is 3.28. The molecule has 3 aromatic rings. The Kier molecular flexibility index (Phi) is 4.18. The van der Waals surface area contributed by atoms with Crippen LogP contribution in [-0.4, -0.2) is 15.7 Å². The lowest BCUT2D eigenvalue weighted by Crippen LogP contribution is -2.35. The summed E-state index contributed by atoms with van der Waals surface area (Å²) in [5.74, 6) is 0. The minimum Gasteiger partial charge on any atom is -0.307 e. The number of para-hydroxylation sites is 1. The predicted octanol–water partition coefficient (Wildman–Crippen LogP) is 3.48. The van der Waals surface area contributed by atoms with E-state index in [0.717, 1.165) is 4.68 Å². The molecule has 0 spiro atoms. The highest BCUT2D eigenvalue weighted by atomic mass is 35.5. The van der Waals surface area contributed by atoms with E-state index < -0.39 is 11.6 Å². The smallest absolute Gasteiger partial charge is 0.307 e. The second kappa shape index (κ2) is 6.28. The van der Waals surface area contributed by atoms with Gasteiger partial charge in [-0.1, -0.05) is 29.3 Å². The number of hydrogen-bond donors (Lipinski definition) is 2. The number of nitrogens with one attached hydrogen (secondary N) is 2. The number of fused-ring (bicyclic) bond motifs is 1. The van der Waals surface area contributed by atoms with E-state index in [0.29, 0.717) is 26.6 Å². The summed E-state index contributed by atoms with van der Waals surface area (Å²) in [5, 5.41) is 3.82. The van der Waals surface area contributed by atoms with Crippen molar-refractivity contribution in [2.45, 2.75) is 0 Å². The fraction of sp³-hybridized carbons (Fsp3) is 0. The van der Waals surface area contributed by atoms with E-state index in [1.807, 2.05) is 0 Å². The first-order chi connectivity index (χ1) is 11.0. The van der Waals surface area contributed by atoms with Crippen molar-refractivity contribution in [3.8, 4) is 0 Å². The van der Waals surface area contributed by atoms with Gasteiger partial charge in [-0.05, 0) is 36.4 Å². The number of carbonyl (C=O) groups is 1. The molecule has 3 rings (SSSR count). The van der Waals surface area contributed by atoms with Crippen molar-refractivity contribution in [3.05, 3.63) is 69.2 Å². The molecule has 0 fully saturated rings. The highest BCUT2D eigenvalue weighted by molar-refractivity contribution is 6.35. The fourth-order valence-electron chi connectivity index (χ4n) is 2.00. The zero-order valence-corrected chi connectivity index (χ0v) is 13.1. The minimum atomic E-state index is -0.586. The van der Waals surface area contributed by atoms with Gasteiger partial charge in [0.05, 0.1) is 15.9 Å². The lowest BCUT2D eigenvalue weighted by molar-refractivity contribution is 0.259. The third-order valence-electron chi connectivity index (χ3n) is 3.06. The molecule has 6 nitrogen and oxygen atoms in total. The highest BCUT2D eigenvalue weighted by Crippen LogP contribution is 2.17. The van der Waals surface area contributed by atoms with Crippen molar-refractivity contribution in [1.82, 2.24) is 9.66 Å². The van der Waals surface area contributed by atoms with E-state index in [4.69, 9.17) is 23.2 Å². The number of rotatable bonds is 2. The Labute approximate surface area is 140 Å². The predicted molar refractivity (Wildman–Crippen MR) is 90.8 cm³/mol. The summed E-state index contributed by atoms with van der Waals surface area (Å²) in [5.41, 5.74) is 2.90. The Hall–Kier alpha value is -2.57. The summed E-state index contributed by atoms with van der Waals surface area (Å²) in [7, 11) is 0. The molecule has 116 valence electrons. The lowest BCUT2D eigenvalue weighted by atomic mass is 10.2. The third-order valence-corrected chi connectivity index (χ3v) is 3.62. The van der Waals surface area contributed by atoms with Crippen molar-refractivity contribution in [2.75, 3.05) is 10.7 Å². The van der Waals surface area contributed by atoms with Crippen LogP contribution < -0.4 is 16.3 Å². The molecule has 0 aliphatic rings. The molecule has 0 unspecified atom stereocenters. The number of halogens is 2. The van der Waals surface area contributed by atoms with Crippen molar-refractivity contribution >= 4 is 45.8 Å². The maximum absolute atomic E-state index is 12.3. The number of amides is 2. The summed E-state index contributed by atoms with van der Waals surface area (Å²) in [4.78, 5) is 28.4. The van der Waals surface area contributed by atoms with Crippen LogP contribution in [0.5, 0.6) is 0 Å². The molecule has 0 saturated carbocycles. The molecule has 2 N–H and O–H groups in total. The van der Waals surface area contributed by atoms with Gasteiger partial charge in [-0.3, -0.25) is 4.79 Å². The van der Waals surface area contributed by atoms with E-state index in [2.05, 4.69) is 15.7 Å². The molecule has 0 bridgehead atoms. The summed E-state index contributed by atoms with van der Waals surface area (Å²) < 4.78 is 0.990. The van der Waals surface area contributed by atoms with E-state index in [1.54, 1.807) is 42.5 Å². The van der Waals surface area contributed by atoms with E-state index in [9.17, 15) is 9.59 Å². The maximum Gasteiger partial charge on any atom is 0.338 e. The van der Waals surface area contributed by atoms with Gasteiger partial charge in [-0.2, -0.15) is 0 Å². The summed E-state index contributed by atoms with van der Waals surface area (Å²) in [6, 6.07) is 10.9. The molecule has 2 amide bonds. The molecule has 0 radical (unpaired) electrons. The normalized spacial score (nSPS) is 10.5. The second-order valence-electron chi connectivity index (χ2n) is 4.63. The quantitative estimate of drug-likeness (QED) is 0.744. The van der Waals surface area contributed by atoms with Crippen molar-refractivity contribution in [2.24, 2.45) is 0 Å². The van der Waals surface area contributed by atoms with Crippen molar-refractivity contribution in [3.63, 3.8) is 0 Å². The van der Waals surface area contributed by atoms with Crippen molar-refractivity contribution < 1.29 is 4.79 Å². The van der Waals surface area contributed by atoms with E-state index in [-0.39, 0.29) is 0 Å². The van der Waals surface area contributed by atoms with Gasteiger partial charge < -0.3 is 5.32 Å². The van der Waals surface area contributed by atoms with Crippen molar-refractivity contribution in [1.29, 1.82) is 0 Å². The Morgan fingerprint density at radius 3 is 2.57 bits per heavy atom. The molecule has 1 aromatic heterocycles. The maximum atomic E-state index is 12.3. The standard InChI is InChI=1S/C15H10Cl2N4O2/c16-9-4-6-10(7-5-9)19-15(23)20-21-8-18-13-11(14(21)22)2-1-3-12(13)17/h1-8H,(H2,19,20,23). The van der Waals surface area contributed by atoms with Crippen LogP contribution in [-0.2, 0) is 0 Å². The highest BCUT2D eigenvalue weighted by Gasteiger charge is 2.09. The van der Waals surface area contributed by atoms with Gasteiger partial charge in [0.2, 0.25) is 0 Å². The Balaban J connectivity index is 1.84.